The third kappa shape index (κ3) is 3.08. The van der Waals surface area contributed by atoms with Crippen molar-refractivity contribution in [2.45, 2.75) is 18.9 Å². The van der Waals surface area contributed by atoms with Crippen LogP contribution in [0.3, 0.4) is 0 Å². The fourth-order valence-electron chi connectivity index (χ4n) is 4.30. The molecule has 2 atom stereocenters. The lowest BCUT2D eigenvalue weighted by atomic mass is 9.96. The third-order valence-electron chi connectivity index (χ3n) is 5.85. The van der Waals surface area contributed by atoms with Gasteiger partial charge in [-0.3, -0.25) is 14.4 Å². The van der Waals surface area contributed by atoms with Crippen molar-refractivity contribution in [3.8, 4) is 11.3 Å². The normalized spacial score (nSPS) is 21.1. The van der Waals surface area contributed by atoms with Crippen LogP contribution in [0.2, 0.25) is 0 Å². The summed E-state index contributed by atoms with van der Waals surface area (Å²) in [6.45, 7) is 1.02. The lowest BCUT2D eigenvalue weighted by Crippen LogP contribution is -2.43. The Morgan fingerprint density at radius 1 is 0.966 bits per heavy atom. The van der Waals surface area contributed by atoms with Crippen molar-refractivity contribution >= 4 is 22.6 Å². The molecule has 146 valence electrons. The van der Waals surface area contributed by atoms with Gasteiger partial charge < -0.3 is 10.2 Å². The first-order valence-electron chi connectivity index (χ1n) is 9.77. The molecule has 7 heteroatoms. The van der Waals surface area contributed by atoms with Gasteiger partial charge in [-0.1, -0.05) is 30.3 Å². The number of amides is 2. The number of carbonyl (C=O) groups excluding carboxylic acids is 2. The molecule has 6 rings (SSSR count). The van der Waals surface area contributed by atoms with Crippen LogP contribution < -0.4 is 10.9 Å². The first kappa shape index (κ1) is 17.6. The van der Waals surface area contributed by atoms with Crippen molar-refractivity contribution < 1.29 is 9.59 Å². The van der Waals surface area contributed by atoms with Crippen molar-refractivity contribution in [1.82, 2.24) is 20.4 Å². The van der Waals surface area contributed by atoms with Gasteiger partial charge in [0, 0.05) is 35.6 Å². The summed E-state index contributed by atoms with van der Waals surface area (Å²) < 4.78 is 0. The maximum atomic E-state index is 13.0. The van der Waals surface area contributed by atoms with Gasteiger partial charge in [0.25, 0.3) is 11.5 Å². The highest BCUT2D eigenvalue weighted by molar-refractivity contribution is 5.97. The number of nitrogens with zero attached hydrogens (tertiary/aromatic N) is 2. The molecule has 4 heterocycles. The highest BCUT2D eigenvalue weighted by Crippen LogP contribution is 2.26. The van der Waals surface area contributed by atoms with Crippen LogP contribution in [0.25, 0.3) is 22.0 Å². The number of benzene rings is 2. The summed E-state index contributed by atoms with van der Waals surface area (Å²) in [5.41, 5.74) is 1.84. The highest BCUT2D eigenvalue weighted by Gasteiger charge is 2.36. The topological polar surface area (TPSA) is 95.2 Å². The summed E-state index contributed by atoms with van der Waals surface area (Å²) in [6.07, 6.45) is 1.76. The van der Waals surface area contributed by atoms with Crippen molar-refractivity contribution in [1.29, 1.82) is 0 Å². The van der Waals surface area contributed by atoms with E-state index in [9.17, 15) is 14.4 Å². The van der Waals surface area contributed by atoms with Crippen molar-refractivity contribution in [2.24, 2.45) is 5.92 Å². The molecule has 7 nitrogen and oxygen atoms in total. The molecule has 0 aliphatic carbocycles. The largest absolute Gasteiger partial charge is 0.351 e. The monoisotopic (exact) mass is 388 g/mol. The Bertz CT molecular complexity index is 1170. The molecule has 0 saturated carbocycles. The van der Waals surface area contributed by atoms with Crippen molar-refractivity contribution in [3.05, 3.63) is 64.4 Å². The number of rotatable bonds is 2. The van der Waals surface area contributed by atoms with E-state index in [1.165, 1.54) is 0 Å². The minimum Gasteiger partial charge on any atom is -0.351 e. The van der Waals surface area contributed by atoms with Gasteiger partial charge in [0.2, 0.25) is 5.91 Å². The van der Waals surface area contributed by atoms with Crippen molar-refractivity contribution in [2.75, 3.05) is 13.1 Å². The van der Waals surface area contributed by atoms with Crippen LogP contribution in [0.4, 0.5) is 0 Å². The average molecular weight is 388 g/mol. The Labute approximate surface area is 166 Å². The lowest BCUT2D eigenvalue weighted by Gasteiger charge is -2.23. The van der Waals surface area contributed by atoms with Gasteiger partial charge in [-0.25, -0.2) is 5.10 Å². The number of carbonyl (C=O) groups is 2. The van der Waals surface area contributed by atoms with Gasteiger partial charge in [-0.2, -0.15) is 5.10 Å². The minimum atomic E-state index is -0.227. The summed E-state index contributed by atoms with van der Waals surface area (Å²) >= 11 is 0. The van der Waals surface area contributed by atoms with Gasteiger partial charge >= 0.3 is 0 Å². The molecule has 3 aromatic rings. The van der Waals surface area contributed by atoms with E-state index in [4.69, 9.17) is 0 Å². The Hall–Kier alpha value is -3.48. The smallest absolute Gasteiger partial charge is 0.272 e. The molecule has 2 bridgehead atoms. The highest BCUT2D eigenvalue weighted by atomic mass is 16.2. The van der Waals surface area contributed by atoms with Crippen LogP contribution in [0.5, 0.6) is 0 Å². The molecule has 1 aromatic heterocycles. The van der Waals surface area contributed by atoms with Gasteiger partial charge in [-0.15, -0.1) is 0 Å². The molecule has 29 heavy (non-hydrogen) atoms. The average Bonchev–Trinajstić information content (AvgIpc) is 3.05. The number of nitrogens with one attached hydrogen (secondary N) is 2. The maximum absolute atomic E-state index is 13.0. The lowest BCUT2D eigenvalue weighted by molar-refractivity contribution is -0.126. The van der Waals surface area contributed by atoms with Crippen LogP contribution >= 0.6 is 0 Å². The van der Waals surface area contributed by atoms with E-state index in [-0.39, 0.29) is 29.3 Å². The molecule has 2 unspecified atom stereocenters. The second-order valence-corrected chi connectivity index (χ2v) is 7.71. The summed E-state index contributed by atoms with van der Waals surface area (Å²) in [4.78, 5) is 38.8. The Morgan fingerprint density at radius 2 is 1.72 bits per heavy atom. The molecule has 2 amide bonds. The number of H-pyrrole nitrogens is 1. The van der Waals surface area contributed by atoms with Crippen LogP contribution in [-0.4, -0.2) is 46.0 Å². The Kier molecular flexibility index (Phi) is 4.16. The van der Waals surface area contributed by atoms with E-state index in [1.807, 2.05) is 30.3 Å². The Morgan fingerprint density at radius 3 is 2.48 bits per heavy atom. The minimum absolute atomic E-state index is 0.0428. The molecular formula is C22H20N4O3. The summed E-state index contributed by atoms with van der Waals surface area (Å²) in [6, 6.07) is 14.6. The summed E-state index contributed by atoms with van der Waals surface area (Å²) in [7, 11) is 0. The molecule has 3 aliphatic rings. The third-order valence-corrected chi connectivity index (χ3v) is 5.85. The quantitative estimate of drug-likeness (QED) is 0.701. The second kappa shape index (κ2) is 6.84. The first-order chi connectivity index (χ1) is 14.1. The first-order valence-corrected chi connectivity index (χ1v) is 9.77. The fraction of sp³-hybridized carbons (Fsp3) is 0.273. The van der Waals surface area contributed by atoms with E-state index in [0.29, 0.717) is 29.7 Å². The molecular weight excluding hydrogens is 368 g/mol. The van der Waals surface area contributed by atoms with E-state index in [0.717, 1.165) is 23.8 Å². The number of piperidine rings is 1. The molecule has 0 spiro atoms. The number of hydrogen-bond donors (Lipinski definition) is 2. The molecule has 2 aromatic carbocycles. The molecule has 3 saturated heterocycles. The second-order valence-electron chi connectivity index (χ2n) is 7.71. The Balaban J connectivity index is 1.44. The van der Waals surface area contributed by atoms with E-state index < -0.39 is 0 Å². The van der Waals surface area contributed by atoms with Gasteiger partial charge in [0.15, 0.2) is 0 Å². The summed E-state index contributed by atoms with van der Waals surface area (Å²) in [5.74, 6) is -0.124. The zero-order valence-corrected chi connectivity index (χ0v) is 15.7. The molecule has 3 aliphatic heterocycles. The zero-order chi connectivity index (χ0) is 20.0. The van der Waals surface area contributed by atoms with Gasteiger partial charge in [0.1, 0.15) is 0 Å². The predicted octanol–water partition coefficient (Wildman–Crippen LogP) is 1.94. The number of fused-ring (bicyclic) bond motifs is 5. The van der Waals surface area contributed by atoms with E-state index in [1.54, 1.807) is 23.1 Å². The van der Waals surface area contributed by atoms with Crippen LogP contribution in [0, 0.1) is 5.92 Å². The van der Waals surface area contributed by atoms with Gasteiger partial charge in [-0.05, 0) is 31.0 Å². The summed E-state index contributed by atoms with van der Waals surface area (Å²) in [5, 5.41) is 11.1. The molecule has 3 fully saturated rings. The SMILES string of the molecule is O=C1NC2CCC1CN(C(=O)c1ccc(-c3n[nH]c(=O)c4ccccc34)cc1)C2. The number of aromatic amines is 1. The molecule has 0 radical (unpaired) electrons. The maximum Gasteiger partial charge on any atom is 0.272 e. The van der Waals surface area contributed by atoms with E-state index in [2.05, 4.69) is 15.5 Å². The standard InChI is InChI=1S/C22H20N4O3/c27-20-15-9-10-16(23-20)12-26(11-15)22(29)14-7-5-13(6-8-14)19-17-3-1-2-4-18(17)21(28)25-24-19/h1-8,15-16H,9-12H2,(H,23,27)(H,25,28). The molecule has 2 N–H and O–H groups in total. The van der Waals surface area contributed by atoms with E-state index >= 15 is 0 Å². The van der Waals surface area contributed by atoms with Gasteiger partial charge in [0.05, 0.1) is 17.0 Å². The van der Waals surface area contributed by atoms with Crippen LogP contribution in [0.15, 0.2) is 53.3 Å². The fourth-order valence-corrected chi connectivity index (χ4v) is 4.30. The van der Waals surface area contributed by atoms with Crippen LogP contribution in [0.1, 0.15) is 23.2 Å². The number of hydrogen-bond acceptors (Lipinski definition) is 4. The zero-order valence-electron chi connectivity index (χ0n) is 15.7. The predicted molar refractivity (Wildman–Crippen MR) is 108 cm³/mol. The van der Waals surface area contributed by atoms with Crippen LogP contribution in [-0.2, 0) is 4.79 Å². The number of aromatic nitrogens is 2. The van der Waals surface area contributed by atoms with Crippen molar-refractivity contribution in [3.63, 3.8) is 0 Å².